The van der Waals surface area contributed by atoms with Crippen molar-refractivity contribution in [3.05, 3.63) is 36.0 Å². The average molecular weight is 232 g/mol. The van der Waals surface area contributed by atoms with Gasteiger partial charge in [-0.15, -0.1) is 0 Å². The number of aromatic nitrogens is 1. The number of benzene rings is 1. The predicted molar refractivity (Wildman–Crippen MR) is 62.9 cm³/mol. The van der Waals surface area contributed by atoms with Crippen LogP contribution in [0.2, 0.25) is 0 Å². The Morgan fingerprint density at radius 3 is 2.71 bits per heavy atom. The smallest absolute Gasteiger partial charge is 0.340 e. The van der Waals surface area contributed by atoms with Crippen molar-refractivity contribution in [2.75, 3.05) is 6.61 Å². The summed E-state index contributed by atoms with van der Waals surface area (Å²) >= 11 is 0. The van der Waals surface area contributed by atoms with E-state index in [0.717, 1.165) is 0 Å². The molecular weight excluding hydrogens is 220 g/mol. The molecule has 1 aromatic carbocycles. The van der Waals surface area contributed by atoms with Crippen molar-refractivity contribution in [2.45, 2.75) is 6.92 Å². The third-order valence-electron chi connectivity index (χ3n) is 2.44. The van der Waals surface area contributed by atoms with E-state index in [9.17, 15) is 9.59 Å². The topological polar surface area (TPSA) is 74.3 Å². The lowest BCUT2D eigenvalue weighted by molar-refractivity contribution is 0.0528. The number of hydrogen-bond donors (Lipinski definition) is 1. The Balaban J connectivity index is 2.64. The fourth-order valence-corrected chi connectivity index (χ4v) is 1.73. The summed E-state index contributed by atoms with van der Waals surface area (Å²) in [6.07, 6.45) is 1.41. The van der Waals surface area contributed by atoms with E-state index in [4.69, 9.17) is 10.5 Å². The molecular formula is C12H12N2O3. The first-order valence-corrected chi connectivity index (χ1v) is 5.22. The molecule has 1 heterocycles. The number of primary amides is 1. The molecule has 5 heteroatoms. The quantitative estimate of drug-likeness (QED) is 0.801. The molecule has 0 fully saturated rings. The van der Waals surface area contributed by atoms with Crippen LogP contribution in [0.3, 0.4) is 0 Å². The zero-order valence-electron chi connectivity index (χ0n) is 9.34. The van der Waals surface area contributed by atoms with Gasteiger partial charge in [0.2, 0.25) is 0 Å². The van der Waals surface area contributed by atoms with E-state index in [0.29, 0.717) is 16.5 Å². The molecule has 0 aliphatic rings. The van der Waals surface area contributed by atoms with Crippen molar-refractivity contribution < 1.29 is 14.3 Å². The molecule has 1 amide bonds. The second kappa shape index (κ2) is 4.29. The van der Waals surface area contributed by atoms with Gasteiger partial charge in [-0.25, -0.2) is 9.59 Å². The van der Waals surface area contributed by atoms with Gasteiger partial charge < -0.3 is 10.5 Å². The summed E-state index contributed by atoms with van der Waals surface area (Å²) in [5.41, 5.74) is 6.19. The molecule has 5 nitrogen and oxygen atoms in total. The molecule has 1 aromatic heterocycles. The van der Waals surface area contributed by atoms with Crippen molar-refractivity contribution >= 4 is 22.9 Å². The second-order valence-corrected chi connectivity index (χ2v) is 3.49. The monoisotopic (exact) mass is 232 g/mol. The molecule has 0 bridgehead atoms. The molecule has 2 aromatic rings. The number of amides is 1. The number of nitrogens with two attached hydrogens (primary N) is 1. The summed E-state index contributed by atoms with van der Waals surface area (Å²) in [4.78, 5) is 22.9. The van der Waals surface area contributed by atoms with Crippen LogP contribution < -0.4 is 5.73 Å². The van der Waals surface area contributed by atoms with Crippen LogP contribution in [0.25, 0.3) is 10.9 Å². The molecule has 0 spiro atoms. The minimum absolute atomic E-state index is 0.287. The number of para-hydroxylation sites is 1. The Kier molecular flexibility index (Phi) is 2.82. The van der Waals surface area contributed by atoms with Gasteiger partial charge in [0.05, 0.1) is 17.7 Å². The van der Waals surface area contributed by atoms with Gasteiger partial charge in [-0.3, -0.25) is 4.57 Å². The summed E-state index contributed by atoms with van der Waals surface area (Å²) in [5, 5.41) is 0.657. The van der Waals surface area contributed by atoms with Crippen LogP contribution in [0.5, 0.6) is 0 Å². The maximum absolute atomic E-state index is 11.7. The third-order valence-corrected chi connectivity index (χ3v) is 2.44. The number of esters is 1. The first-order chi connectivity index (χ1) is 8.15. The summed E-state index contributed by atoms with van der Waals surface area (Å²) in [6, 6.07) is 6.41. The standard InChI is InChI=1S/C12H12N2O3/c1-2-17-11(15)9-7-14(12(13)16)10-6-4-3-5-8(9)10/h3-7H,2H2,1H3,(H2,13,16). The molecule has 0 unspecified atom stereocenters. The maximum Gasteiger partial charge on any atom is 0.340 e. The zero-order valence-corrected chi connectivity index (χ0v) is 9.34. The SMILES string of the molecule is CCOC(=O)c1cn(C(N)=O)c2ccccc12. The lowest BCUT2D eigenvalue weighted by Crippen LogP contribution is -2.18. The van der Waals surface area contributed by atoms with E-state index in [1.807, 2.05) is 0 Å². The molecule has 0 atom stereocenters. The summed E-state index contributed by atoms with van der Waals surface area (Å²) in [5.74, 6) is -0.455. The summed E-state index contributed by atoms with van der Waals surface area (Å²) < 4.78 is 6.16. The number of rotatable bonds is 2. The van der Waals surface area contributed by atoms with E-state index >= 15 is 0 Å². The van der Waals surface area contributed by atoms with Crippen LogP contribution in [0, 0.1) is 0 Å². The largest absolute Gasteiger partial charge is 0.462 e. The van der Waals surface area contributed by atoms with Crippen molar-refractivity contribution in [3.8, 4) is 0 Å². The van der Waals surface area contributed by atoms with Crippen LogP contribution in [0.4, 0.5) is 4.79 Å². The minimum Gasteiger partial charge on any atom is -0.462 e. The van der Waals surface area contributed by atoms with Gasteiger partial charge >= 0.3 is 12.0 Å². The Morgan fingerprint density at radius 1 is 1.35 bits per heavy atom. The van der Waals surface area contributed by atoms with Gasteiger partial charge in [0.1, 0.15) is 0 Å². The third kappa shape index (κ3) is 1.87. The van der Waals surface area contributed by atoms with E-state index in [-0.39, 0.29) is 6.61 Å². The van der Waals surface area contributed by atoms with Gasteiger partial charge in [0.15, 0.2) is 0 Å². The van der Waals surface area contributed by atoms with Gasteiger partial charge in [-0.2, -0.15) is 0 Å². The number of hydrogen-bond acceptors (Lipinski definition) is 3. The first kappa shape index (κ1) is 11.2. The van der Waals surface area contributed by atoms with E-state index in [1.54, 1.807) is 31.2 Å². The molecule has 0 saturated carbocycles. The van der Waals surface area contributed by atoms with E-state index in [2.05, 4.69) is 0 Å². The van der Waals surface area contributed by atoms with Crippen molar-refractivity contribution in [3.63, 3.8) is 0 Å². The minimum atomic E-state index is -0.628. The molecule has 0 saturated heterocycles. The lowest BCUT2D eigenvalue weighted by Gasteiger charge is -1.98. The van der Waals surface area contributed by atoms with Crippen LogP contribution in [-0.4, -0.2) is 23.2 Å². The highest BCUT2D eigenvalue weighted by molar-refractivity contribution is 6.06. The molecule has 0 radical (unpaired) electrons. The van der Waals surface area contributed by atoms with E-state index < -0.39 is 12.0 Å². The molecule has 2 rings (SSSR count). The number of carbonyl (C=O) groups is 2. The van der Waals surface area contributed by atoms with Crippen LogP contribution in [0.15, 0.2) is 30.5 Å². The summed E-state index contributed by atoms with van der Waals surface area (Å²) in [6.45, 7) is 2.01. The molecule has 2 N–H and O–H groups in total. The highest BCUT2D eigenvalue weighted by atomic mass is 16.5. The van der Waals surface area contributed by atoms with Crippen molar-refractivity contribution in [1.29, 1.82) is 0 Å². The van der Waals surface area contributed by atoms with E-state index in [1.165, 1.54) is 10.8 Å². The summed E-state index contributed by atoms with van der Waals surface area (Å²) in [7, 11) is 0. The number of fused-ring (bicyclic) bond motifs is 1. The van der Waals surface area contributed by atoms with Crippen LogP contribution in [-0.2, 0) is 4.74 Å². The van der Waals surface area contributed by atoms with Gasteiger partial charge in [-0.05, 0) is 13.0 Å². The van der Waals surface area contributed by atoms with Crippen molar-refractivity contribution in [1.82, 2.24) is 4.57 Å². The Hall–Kier alpha value is -2.30. The highest BCUT2D eigenvalue weighted by Gasteiger charge is 2.17. The molecule has 0 aliphatic carbocycles. The Morgan fingerprint density at radius 2 is 2.06 bits per heavy atom. The van der Waals surface area contributed by atoms with Crippen molar-refractivity contribution in [2.24, 2.45) is 5.73 Å². The van der Waals surface area contributed by atoms with Crippen LogP contribution >= 0.6 is 0 Å². The lowest BCUT2D eigenvalue weighted by atomic mass is 10.2. The fraction of sp³-hybridized carbons (Fsp3) is 0.167. The normalized spacial score (nSPS) is 10.4. The fourth-order valence-electron chi connectivity index (χ4n) is 1.73. The van der Waals surface area contributed by atoms with Gasteiger partial charge in [0.25, 0.3) is 0 Å². The number of carbonyl (C=O) groups excluding carboxylic acids is 2. The molecule has 17 heavy (non-hydrogen) atoms. The average Bonchev–Trinajstić information content (AvgIpc) is 2.69. The first-order valence-electron chi connectivity index (χ1n) is 5.22. The van der Waals surface area contributed by atoms with Crippen LogP contribution in [0.1, 0.15) is 17.3 Å². The molecule has 0 aliphatic heterocycles. The van der Waals surface area contributed by atoms with Gasteiger partial charge in [0, 0.05) is 11.6 Å². The number of nitrogens with zero attached hydrogens (tertiary/aromatic N) is 1. The Bertz CT molecular complexity index is 586. The van der Waals surface area contributed by atoms with Gasteiger partial charge in [-0.1, -0.05) is 18.2 Å². The molecule has 88 valence electrons. The maximum atomic E-state index is 11.7. The second-order valence-electron chi connectivity index (χ2n) is 3.49. The number of ether oxygens (including phenoxy) is 1. The Labute approximate surface area is 97.8 Å². The predicted octanol–water partition coefficient (Wildman–Crippen LogP) is 1.74. The highest BCUT2D eigenvalue weighted by Crippen LogP contribution is 2.21. The zero-order chi connectivity index (χ0) is 12.4.